The van der Waals surface area contributed by atoms with Crippen LogP contribution in [0.3, 0.4) is 0 Å². The van der Waals surface area contributed by atoms with E-state index in [1.54, 1.807) is 0 Å². The maximum atomic E-state index is 12.4. The summed E-state index contributed by atoms with van der Waals surface area (Å²) in [5.41, 5.74) is 1.08. The Morgan fingerprint density at radius 3 is 2.14 bits per heavy atom. The van der Waals surface area contributed by atoms with Crippen LogP contribution in [-0.4, -0.2) is 24.4 Å². The molecule has 0 bridgehead atoms. The van der Waals surface area contributed by atoms with Crippen LogP contribution < -0.4 is 0 Å². The smallest absolute Gasteiger partial charge is 0.241 e. The Labute approximate surface area is 84.8 Å². The SMILES string of the molecule is C=C(C(C)C)N1CCC(C(F)F)CC1. The molecule has 0 radical (unpaired) electrons. The van der Waals surface area contributed by atoms with Gasteiger partial charge >= 0.3 is 0 Å². The van der Waals surface area contributed by atoms with Crippen molar-refractivity contribution in [1.29, 1.82) is 0 Å². The standard InChI is InChI=1S/C11H19F2N/c1-8(2)9(3)14-6-4-10(5-7-14)11(12)13/h8,10-11H,3-7H2,1-2H3. The molecule has 0 aliphatic carbocycles. The summed E-state index contributed by atoms with van der Waals surface area (Å²) in [4.78, 5) is 2.14. The average molecular weight is 203 g/mol. The van der Waals surface area contributed by atoms with Gasteiger partial charge in [-0.05, 0) is 18.8 Å². The van der Waals surface area contributed by atoms with Gasteiger partial charge in [-0.2, -0.15) is 0 Å². The Kier molecular flexibility index (Phi) is 3.90. The molecule has 0 saturated carbocycles. The molecule has 0 N–H and O–H groups in total. The molecule has 1 aliphatic rings. The van der Waals surface area contributed by atoms with Gasteiger partial charge in [-0.1, -0.05) is 20.4 Å². The van der Waals surface area contributed by atoms with Gasteiger partial charge in [0.05, 0.1) is 0 Å². The van der Waals surface area contributed by atoms with Crippen LogP contribution in [0.1, 0.15) is 26.7 Å². The third-order valence-electron chi connectivity index (χ3n) is 2.97. The molecule has 14 heavy (non-hydrogen) atoms. The van der Waals surface area contributed by atoms with Crippen LogP contribution in [-0.2, 0) is 0 Å². The van der Waals surface area contributed by atoms with Gasteiger partial charge in [0.2, 0.25) is 6.43 Å². The molecule has 1 rings (SSSR count). The van der Waals surface area contributed by atoms with Crippen LogP contribution in [0.4, 0.5) is 8.78 Å². The molecule has 1 nitrogen and oxygen atoms in total. The third-order valence-corrected chi connectivity index (χ3v) is 2.97. The third kappa shape index (κ3) is 2.69. The minimum Gasteiger partial charge on any atom is -0.375 e. The van der Waals surface area contributed by atoms with E-state index in [4.69, 9.17) is 0 Å². The van der Waals surface area contributed by atoms with E-state index in [0.29, 0.717) is 18.8 Å². The van der Waals surface area contributed by atoms with E-state index >= 15 is 0 Å². The van der Waals surface area contributed by atoms with E-state index in [1.165, 1.54) is 0 Å². The first kappa shape index (κ1) is 11.5. The Morgan fingerprint density at radius 2 is 1.79 bits per heavy atom. The highest BCUT2D eigenvalue weighted by molar-refractivity contribution is 4.98. The van der Waals surface area contributed by atoms with Gasteiger partial charge in [-0.15, -0.1) is 0 Å². The van der Waals surface area contributed by atoms with Crippen LogP contribution in [0.5, 0.6) is 0 Å². The van der Waals surface area contributed by atoms with Crippen molar-refractivity contribution < 1.29 is 8.78 Å². The van der Waals surface area contributed by atoms with E-state index in [9.17, 15) is 8.78 Å². The number of hydrogen-bond donors (Lipinski definition) is 0. The topological polar surface area (TPSA) is 3.24 Å². The number of piperidine rings is 1. The monoisotopic (exact) mass is 203 g/mol. The molecule has 0 spiro atoms. The quantitative estimate of drug-likeness (QED) is 0.681. The second kappa shape index (κ2) is 4.76. The number of rotatable bonds is 3. The van der Waals surface area contributed by atoms with Crippen LogP contribution in [0.2, 0.25) is 0 Å². The number of hydrogen-bond acceptors (Lipinski definition) is 1. The highest BCUT2D eigenvalue weighted by atomic mass is 19.3. The first-order chi connectivity index (χ1) is 6.52. The molecule has 1 fully saturated rings. The van der Waals surface area contributed by atoms with Crippen LogP contribution in [0, 0.1) is 11.8 Å². The number of halogens is 2. The molecule has 0 unspecified atom stereocenters. The molecule has 0 atom stereocenters. The lowest BCUT2D eigenvalue weighted by atomic mass is 9.96. The van der Waals surface area contributed by atoms with E-state index in [-0.39, 0.29) is 0 Å². The largest absolute Gasteiger partial charge is 0.375 e. The average Bonchev–Trinajstić information content (AvgIpc) is 2.16. The van der Waals surface area contributed by atoms with E-state index in [1.807, 2.05) is 0 Å². The lowest BCUT2D eigenvalue weighted by Gasteiger charge is -2.35. The summed E-state index contributed by atoms with van der Waals surface area (Å²) in [7, 11) is 0. The Morgan fingerprint density at radius 1 is 1.29 bits per heavy atom. The van der Waals surface area contributed by atoms with Crippen molar-refractivity contribution in [3.8, 4) is 0 Å². The maximum Gasteiger partial charge on any atom is 0.241 e. The number of likely N-dealkylation sites (tertiary alicyclic amines) is 1. The van der Waals surface area contributed by atoms with Gasteiger partial charge in [0.15, 0.2) is 0 Å². The molecular formula is C11H19F2N. The normalized spacial score (nSPS) is 19.4. The maximum absolute atomic E-state index is 12.4. The molecule has 3 heteroatoms. The van der Waals surface area contributed by atoms with Gasteiger partial charge in [-0.3, -0.25) is 0 Å². The fourth-order valence-corrected chi connectivity index (χ4v) is 1.80. The van der Waals surface area contributed by atoms with Crippen LogP contribution in [0.25, 0.3) is 0 Å². The number of allylic oxidation sites excluding steroid dienone is 1. The summed E-state index contributed by atoms with van der Waals surface area (Å²) in [5, 5.41) is 0. The van der Waals surface area contributed by atoms with Crippen molar-refractivity contribution in [2.45, 2.75) is 33.1 Å². The molecule has 0 amide bonds. The Bertz CT molecular complexity index is 193. The second-order valence-electron chi connectivity index (χ2n) is 4.30. The molecule has 82 valence electrons. The fraction of sp³-hybridized carbons (Fsp3) is 0.818. The summed E-state index contributed by atoms with van der Waals surface area (Å²) in [6.45, 7) is 9.64. The highest BCUT2D eigenvalue weighted by Gasteiger charge is 2.26. The van der Waals surface area contributed by atoms with Crippen molar-refractivity contribution in [2.75, 3.05) is 13.1 Å². The minimum absolute atomic E-state index is 0.397. The number of alkyl halides is 2. The zero-order valence-corrected chi connectivity index (χ0v) is 8.97. The van der Waals surface area contributed by atoms with Crippen LogP contribution >= 0.6 is 0 Å². The van der Waals surface area contributed by atoms with Crippen molar-refractivity contribution in [3.63, 3.8) is 0 Å². The summed E-state index contributed by atoms with van der Waals surface area (Å²) >= 11 is 0. The predicted molar refractivity (Wildman–Crippen MR) is 54.3 cm³/mol. The molecule has 1 heterocycles. The lowest BCUT2D eigenvalue weighted by molar-refractivity contribution is 0.0405. The van der Waals surface area contributed by atoms with E-state index < -0.39 is 12.3 Å². The zero-order valence-electron chi connectivity index (χ0n) is 8.97. The predicted octanol–water partition coefficient (Wildman–Crippen LogP) is 3.13. The second-order valence-corrected chi connectivity index (χ2v) is 4.30. The number of nitrogens with zero attached hydrogens (tertiary/aromatic N) is 1. The summed E-state index contributed by atoms with van der Waals surface area (Å²) in [6.07, 6.45) is -0.947. The van der Waals surface area contributed by atoms with Gasteiger partial charge in [0, 0.05) is 24.7 Å². The minimum atomic E-state index is -2.15. The Balaban J connectivity index is 2.39. The molecule has 1 saturated heterocycles. The van der Waals surface area contributed by atoms with Gasteiger partial charge < -0.3 is 4.90 Å². The van der Waals surface area contributed by atoms with Crippen molar-refractivity contribution in [2.24, 2.45) is 11.8 Å². The summed E-state index contributed by atoms with van der Waals surface area (Å²) in [6, 6.07) is 0. The molecular weight excluding hydrogens is 184 g/mol. The van der Waals surface area contributed by atoms with Gasteiger partial charge in [0.25, 0.3) is 0 Å². The fourth-order valence-electron chi connectivity index (χ4n) is 1.80. The zero-order chi connectivity index (χ0) is 10.7. The Hall–Kier alpha value is -0.600. The first-order valence-electron chi connectivity index (χ1n) is 5.24. The van der Waals surface area contributed by atoms with E-state index in [0.717, 1.165) is 18.8 Å². The first-order valence-corrected chi connectivity index (χ1v) is 5.24. The molecule has 0 aromatic rings. The van der Waals surface area contributed by atoms with Gasteiger partial charge in [-0.25, -0.2) is 8.78 Å². The lowest BCUT2D eigenvalue weighted by Crippen LogP contribution is -2.36. The summed E-state index contributed by atoms with van der Waals surface area (Å²) < 4.78 is 24.7. The van der Waals surface area contributed by atoms with Crippen molar-refractivity contribution >= 4 is 0 Å². The molecule has 1 aliphatic heterocycles. The van der Waals surface area contributed by atoms with E-state index in [2.05, 4.69) is 25.3 Å². The van der Waals surface area contributed by atoms with Crippen molar-refractivity contribution in [3.05, 3.63) is 12.3 Å². The van der Waals surface area contributed by atoms with Gasteiger partial charge in [0.1, 0.15) is 0 Å². The molecule has 0 aromatic heterocycles. The summed E-state index contributed by atoms with van der Waals surface area (Å²) in [5.74, 6) is 0.0179. The van der Waals surface area contributed by atoms with Crippen molar-refractivity contribution in [1.82, 2.24) is 4.90 Å². The van der Waals surface area contributed by atoms with Crippen LogP contribution in [0.15, 0.2) is 12.3 Å². The molecule has 0 aromatic carbocycles. The highest BCUT2D eigenvalue weighted by Crippen LogP contribution is 2.26.